The van der Waals surface area contributed by atoms with E-state index in [0.717, 1.165) is 0 Å². The molecule has 15 heavy (non-hydrogen) atoms. The lowest BCUT2D eigenvalue weighted by molar-refractivity contribution is 0.100. The van der Waals surface area contributed by atoms with Gasteiger partial charge in [-0.05, 0) is 24.3 Å². The molecule has 6 N–H and O–H groups in total. The number of benzene rings is 1. The summed E-state index contributed by atoms with van der Waals surface area (Å²) in [6.45, 7) is 4.00. The van der Waals surface area contributed by atoms with Crippen molar-refractivity contribution in [2.75, 3.05) is 0 Å². The summed E-state index contributed by atoms with van der Waals surface area (Å²) in [7, 11) is 0. The van der Waals surface area contributed by atoms with Crippen molar-refractivity contribution in [2.45, 2.75) is 13.8 Å². The number of nitrogens with zero attached hydrogens (tertiary/aromatic N) is 1. The van der Waals surface area contributed by atoms with Gasteiger partial charge in [0.15, 0.2) is 5.96 Å². The predicted octanol–water partition coefficient (Wildman–Crippen LogP) is 0.717. The van der Waals surface area contributed by atoms with Crippen molar-refractivity contribution in [3.8, 4) is 0 Å². The van der Waals surface area contributed by atoms with Gasteiger partial charge in [0.2, 0.25) is 5.91 Å². The standard InChI is InChI=1S/C8H10N4O.C2H6/c9-7(13)5-1-3-6(4-2-5)12-8(10)11;1-2/h1-4H,(H2,9,13)(H4,10,11,12);1-2H3. The van der Waals surface area contributed by atoms with Gasteiger partial charge >= 0.3 is 0 Å². The fraction of sp³-hybridized carbons (Fsp3) is 0.200. The number of rotatable bonds is 2. The van der Waals surface area contributed by atoms with Crippen molar-refractivity contribution in [2.24, 2.45) is 22.2 Å². The van der Waals surface area contributed by atoms with E-state index in [1.165, 1.54) is 0 Å². The average Bonchev–Trinajstić information content (AvgIpc) is 2.20. The van der Waals surface area contributed by atoms with E-state index >= 15 is 0 Å². The Kier molecular flexibility index (Phi) is 5.55. The van der Waals surface area contributed by atoms with Gasteiger partial charge in [-0.25, -0.2) is 4.99 Å². The lowest BCUT2D eigenvalue weighted by Crippen LogP contribution is -2.21. The van der Waals surface area contributed by atoms with Crippen LogP contribution in [0.1, 0.15) is 24.2 Å². The van der Waals surface area contributed by atoms with E-state index in [2.05, 4.69) is 4.99 Å². The third-order valence-corrected chi connectivity index (χ3v) is 1.41. The number of nitrogens with two attached hydrogens (primary N) is 3. The topological polar surface area (TPSA) is 107 Å². The molecule has 0 atom stereocenters. The highest BCUT2D eigenvalue weighted by Gasteiger charge is 1.98. The fourth-order valence-corrected chi connectivity index (χ4v) is 0.849. The van der Waals surface area contributed by atoms with Crippen molar-refractivity contribution in [1.29, 1.82) is 0 Å². The van der Waals surface area contributed by atoms with E-state index in [1.54, 1.807) is 24.3 Å². The zero-order valence-corrected chi connectivity index (χ0v) is 8.90. The van der Waals surface area contributed by atoms with Gasteiger partial charge in [-0.1, -0.05) is 13.8 Å². The van der Waals surface area contributed by atoms with Crippen LogP contribution in [0.5, 0.6) is 0 Å². The first-order valence-electron chi connectivity index (χ1n) is 4.59. The van der Waals surface area contributed by atoms with E-state index in [0.29, 0.717) is 11.3 Å². The van der Waals surface area contributed by atoms with Crippen LogP contribution in [0, 0.1) is 0 Å². The van der Waals surface area contributed by atoms with Gasteiger partial charge in [0.25, 0.3) is 0 Å². The fourth-order valence-electron chi connectivity index (χ4n) is 0.849. The third-order valence-electron chi connectivity index (χ3n) is 1.41. The van der Waals surface area contributed by atoms with Crippen LogP contribution in [-0.4, -0.2) is 11.9 Å². The highest BCUT2D eigenvalue weighted by atomic mass is 16.1. The normalized spacial score (nSPS) is 8.40. The molecule has 0 heterocycles. The molecule has 0 fully saturated rings. The summed E-state index contributed by atoms with van der Waals surface area (Å²) in [5.41, 5.74) is 16.4. The van der Waals surface area contributed by atoms with Crippen LogP contribution in [0.3, 0.4) is 0 Å². The van der Waals surface area contributed by atoms with Gasteiger partial charge in [0.1, 0.15) is 0 Å². The van der Waals surface area contributed by atoms with Crippen LogP contribution >= 0.6 is 0 Å². The number of aliphatic imine (C=N–C) groups is 1. The molecule has 1 amide bonds. The van der Waals surface area contributed by atoms with Gasteiger partial charge in [0, 0.05) is 5.56 Å². The molecular formula is C10H16N4O. The number of carbonyl (C=O) groups excluding carboxylic acids is 1. The second-order valence-electron chi connectivity index (χ2n) is 2.45. The van der Waals surface area contributed by atoms with Crippen LogP contribution in [0.4, 0.5) is 5.69 Å². The highest BCUT2D eigenvalue weighted by molar-refractivity contribution is 5.93. The number of guanidine groups is 1. The molecule has 1 aromatic carbocycles. The lowest BCUT2D eigenvalue weighted by Gasteiger charge is -1.96. The zero-order valence-electron chi connectivity index (χ0n) is 8.90. The van der Waals surface area contributed by atoms with Crippen LogP contribution in [0.25, 0.3) is 0 Å². The quantitative estimate of drug-likeness (QED) is 0.492. The number of primary amides is 1. The summed E-state index contributed by atoms with van der Waals surface area (Å²) in [5.74, 6) is -0.497. The van der Waals surface area contributed by atoms with Crippen LogP contribution in [-0.2, 0) is 0 Å². The first-order valence-corrected chi connectivity index (χ1v) is 4.59. The molecule has 0 bridgehead atoms. The molecule has 0 aliphatic rings. The van der Waals surface area contributed by atoms with Crippen molar-refractivity contribution in [3.63, 3.8) is 0 Å². The molecule has 5 nitrogen and oxygen atoms in total. The molecule has 1 rings (SSSR count). The molecule has 1 aromatic rings. The summed E-state index contributed by atoms with van der Waals surface area (Å²) in [6.07, 6.45) is 0. The number of hydrogen-bond acceptors (Lipinski definition) is 2. The Morgan fingerprint density at radius 1 is 1.07 bits per heavy atom. The molecule has 0 aliphatic carbocycles. The third kappa shape index (κ3) is 4.66. The van der Waals surface area contributed by atoms with Crippen molar-refractivity contribution >= 4 is 17.6 Å². The predicted molar refractivity (Wildman–Crippen MR) is 61.8 cm³/mol. The SMILES string of the molecule is CC.NC(=O)c1ccc(N=C(N)N)cc1. The first kappa shape index (κ1) is 13.0. The Morgan fingerprint density at radius 2 is 1.53 bits per heavy atom. The summed E-state index contributed by atoms with van der Waals surface area (Å²) in [4.78, 5) is 14.5. The van der Waals surface area contributed by atoms with E-state index in [4.69, 9.17) is 17.2 Å². The minimum atomic E-state index is -0.476. The largest absolute Gasteiger partial charge is 0.370 e. The number of amides is 1. The minimum Gasteiger partial charge on any atom is -0.370 e. The van der Waals surface area contributed by atoms with Crippen LogP contribution in [0.2, 0.25) is 0 Å². The monoisotopic (exact) mass is 208 g/mol. The van der Waals surface area contributed by atoms with Crippen LogP contribution in [0.15, 0.2) is 29.3 Å². The van der Waals surface area contributed by atoms with E-state index in [1.807, 2.05) is 13.8 Å². The Hall–Kier alpha value is -2.04. The van der Waals surface area contributed by atoms with Gasteiger partial charge in [-0.3, -0.25) is 4.79 Å². The van der Waals surface area contributed by atoms with Crippen molar-refractivity contribution in [1.82, 2.24) is 0 Å². The molecule has 0 unspecified atom stereocenters. The molecule has 0 spiro atoms. The number of carbonyl (C=O) groups is 1. The maximum Gasteiger partial charge on any atom is 0.248 e. The molecule has 0 aromatic heterocycles. The van der Waals surface area contributed by atoms with Gasteiger partial charge in [-0.2, -0.15) is 0 Å². The first-order chi connectivity index (χ1) is 7.09. The molecule has 0 aliphatic heterocycles. The van der Waals surface area contributed by atoms with Crippen molar-refractivity contribution in [3.05, 3.63) is 29.8 Å². The summed E-state index contributed by atoms with van der Waals surface area (Å²) in [5, 5.41) is 0. The maximum atomic E-state index is 10.7. The zero-order chi connectivity index (χ0) is 11.8. The van der Waals surface area contributed by atoms with Gasteiger partial charge in [-0.15, -0.1) is 0 Å². The summed E-state index contributed by atoms with van der Waals surface area (Å²) in [6, 6.07) is 6.34. The number of hydrogen-bond donors (Lipinski definition) is 3. The molecule has 0 saturated carbocycles. The molecule has 82 valence electrons. The van der Waals surface area contributed by atoms with E-state index < -0.39 is 5.91 Å². The van der Waals surface area contributed by atoms with Crippen molar-refractivity contribution < 1.29 is 4.79 Å². The Balaban J connectivity index is 0.000000921. The summed E-state index contributed by atoms with van der Waals surface area (Å²) < 4.78 is 0. The second-order valence-corrected chi connectivity index (χ2v) is 2.45. The van der Waals surface area contributed by atoms with E-state index in [-0.39, 0.29) is 5.96 Å². The summed E-state index contributed by atoms with van der Waals surface area (Å²) >= 11 is 0. The molecular weight excluding hydrogens is 192 g/mol. The van der Waals surface area contributed by atoms with Gasteiger partial charge in [0.05, 0.1) is 5.69 Å². The van der Waals surface area contributed by atoms with Crippen LogP contribution < -0.4 is 17.2 Å². The lowest BCUT2D eigenvalue weighted by atomic mass is 10.2. The average molecular weight is 208 g/mol. The van der Waals surface area contributed by atoms with E-state index in [9.17, 15) is 4.79 Å². The smallest absolute Gasteiger partial charge is 0.248 e. The Bertz CT molecular complexity index is 339. The molecule has 0 saturated heterocycles. The molecule has 0 radical (unpaired) electrons. The minimum absolute atomic E-state index is 0.0215. The maximum absolute atomic E-state index is 10.7. The Labute approximate surface area is 89.0 Å². The molecule has 5 heteroatoms. The second kappa shape index (κ2) is 6.42. The Morgan fingerprint density at radius 3 is 1.87 bits per heavy atom. The highest BCUT2D eigenvalue weighted by Crippen LogP contribution is 2.11. The van der Waals surface area contributed by atoms with Gasteiger partial charge < -0.3 is 17.2 Å².